The molecule has 0 aromatic heterocycles. The Morgan fingerprint density at radius 3 is 2.36 bits per heavy atom. The van der Waals surface area contributed by atoms with Crippen LogP contribution in [0.4, 0.5) is 4.79 Å². The second-order valence-corrected chi connectivity index (χ2v) is 8.57. The Labute approximate surface area is 180 Å². The molecular formula is C23H26INO3. The van der Waals surface area contributed by atoms with Crippen LogP contribution in [0.2, 0.25) is 0 Å². The lowest BCUT2D eigenvalue weighted by Crippen LogP contribution is -2.47. The highest BCUT2D eigenvalue weighted by atomic mass is 127. The van der Waals surface area contributed by atoms with Crippen LogP contribution in [0.5, 0.6) is 0 Å². The van der Waals surface area contributed by atoms with Gasteiger partial charge in [-0.3, -0.25) is 4.90 Å². The van der Waals surface area contributed by atoms with Gasteiger partial charge in [-0.2, -0.15) is 0 Å². The molecule has 1 amide bonds. The monoisotopic (exact) mass is 491 g/mol. The normalized spacial score (nSPS) is 20.1. The minimum absolute atomic E-state index is 0.0773. The summed E-state index contributed by atoms with van der Waals surface area (Å²) in [5, 5.41) is 0. The van der Waals surface area contributed by atoms with E-state index in [9.17, 15) is 4.79 Å². The van der Waals surface area contributed by atoms with Crippen molar-refractivity contribution in [2.24, 2.45) is 0 Å². The van der Waals surface area contributed by atoms with Crippen molar-refractivity contribution in [3.05, 3.63) is 84.1 Å². The molecule has 3 unspecified atom stereocenters. The third-order valence-electron chi connectivity index (χ3n) is 5.02. The summed E-state index contributed by atoms with van der Waals surface area (Å²) in [6.45, 7) is 6.79. The molecule has 2 aromatic rings. The van der Waals surface area contributed by atoms with E-state index in [2.05, 4.69) is 29.2 Å². The highest BCUT2D eigenvalue weighted by Gasteiger charge is 2.34. The zero-order valence-corrected chi connectivity index (χ0v) is 18.2. The van der Waals surface area contributed by atoms with Crippen molar-refractivity contribution in [2.45, 2.75) is 49.0 Å². The molecule has 0 spiro atoms. The van der Waals surface area contributed by atoms with E-state index < -0.39 is 0 Å². The second kappa shape index (κ2) is 9.96. The molecule has 0 N–H and O–H groups in total. The van der Waals surface area contributed by atoms with Gasteiger partial charge in [0.05, 0.1) is 9.97 Å². The van der Waals surface area contributed by atoms with E-state index >= 15 is 0 Å². The van der Waals surface area contributed by atoms with E-state index in [4.69, 9.17) is 9.47 Å². The molecule has 28 heavy (non-hydrogen) atoms. The minimum Gasteiger partial charge on any atom is -0.492 e. The number of carbonyl (C=O) groups excluding carboxylic acids is 1. The van der Waals surface area contributed by atoms with Crippen LogP contribution in [0, 0.1) is 0 Å². The van der Waals surface area contributed by atoms with Crippen LogP contribution in [0.1, 0.15) is 30.9 Å². The molecule has 1 heterocycles. The van der Waals surface area contributed by atoms with Crippen molar-refractivity contribution in [3.63, 3.8) is 0 Å². The fraction of sp³-hybridized carbons (Fsp3) is 0.348. The topological polar surface area (TPSA) is 38.8 Å². The lowest BCUT2D eigenvalue weighted by Gasteiger charge is -2.38. The second-order valence-electron chi connectivity index (χ2n) is 7.06. The molecule has 1 aliphatic rings. The molecule has 0 aliphatic carbocycles. The summed E-state index contributed by atoms with van der Waals surface area (Å²) in [6.07, 6.45) is 1.50. The molecule has 0 saturated carbocycles. The Morgan fingerprint density at radius 1 is 1.14 bits per heavy atom. The van der Waals surface area contributed by atoms with Gasteiger partial charge in [0.25, 0.3) is 0 Å². The van der Waals surface area contributed by atoms with Crippen LogP contribution in [0.3, 0.4) is 0 Å². The molecule has 1 aliphatic heterocycles. The quantitative estimate of drug-likeness (QED) is 0.384. The summed E-state index contributed by atoms with van der Waals surface area (Å²) in [4.78, 5) is 14.7. The molecule has 5 heteroatoms. The van der Waals surface area contributed by atoms with Crippen LogP contribution in [-0.4, -0.2) is 27.1 Å². The lowest BCUT2D eigenvalue weighted by molar-refractivity contribution is -0.000420. The fourth-order valence-electron chi connectivity index (χ4n) is 3.30. The Bertz CT molecular complexity index is 781. The van der Waals surface area contributed by atoms with Gasteiger partial charge in [-0.25, -0.2) is 4.79 Å². The fourth-order valence-corrected chi connectivity index (χ4v) is 3.80. The van der Waals surface area contributed by atoms with Gasteiger partial charge in [0, 0.05) is 6.54 Å². The Kier molecular flexibility index (Phi) is 7.36. The van der Waals surface area contributed by atoms with Crippen LogP contribution >= 0.6 is 22.6 Å². The summed E-state index contributed by atoms with van der Waals surface area (Å²) in [7, 11) is 0. The maximum absolute atomic E-state index is 13.0. The number of alkyl halides is 1. The van der Waals surface area contributed by atoms with Crippen molar-refractivity contribution in [3.8, 4) is 0 Å². The molecule has 3 atom stereocenters. The van der Waals surface area contributed by atoms with Crippen LogP contribution in [0.15, 0.2) is 73.0 Å². The van der Waals surface area contributed by atoms with Gasteiger partial charge in [-0.05, 0) is 30.9 Å². The zero-order valence-electron chi connectivity index (χ0n) is 16.1. The van der Waals surface area contributed by atoms with Gasteiger partial charge in [-0.15, -0.1) is 0 Å². The number of hydrogen-bond donors (Lipinski definition) is 0. The van der Waals surface area contributed by atoms with Gasteiger partial charge in [0.15, 0.2) is 0 Å². The summed E-state index contributed by atoms with van der Waals surface area (Å²) in [5.41, 5.74) is 2.03. The molecule has 148 valence electrons. The third-order valence-corrected chi connectivity index (χ3v) is 6.34. The molecular weight excluding hydrogens is 465 g/mol. The summed E-state index contributed by atoms with van der Waals surface area (Å²) in [6, 6.07) is 19.6. The molecule has 1 fully saturated rings. The number of nitrogens with zero attached hydrogens (tertiary/aromatic N) is 1. The number of hydrogen-bond acceptors (Lipinski definition) is 3. The molecule has 3 rings (SSSR count). The highest BCUT2D eigenvalue weighted by Crippen LogP contribution is 2.31. The molecule has 0 bridgehead atoms. The van der Waals surface area contributed by atoms with E-state index in [0.717, 1.165) is 29.7 Å². The van der Waals surface area contributed by atoms with Crippen molar-refractivity contribution >= 4 is 28.7 Å². The van der Waals surface area contributed by atoms with E-state index in [-0.39, 0.29) is 24.8 Å². The van der Waals surface area contributed by atoms with Crippen molar-refractivity contribution in [2.75, 3.05) is 0 Å². The van der Waals surface area contributed by atoms with Crippen LogP contribution in [0.25, 0.3) is 0 Å². The first-order chi connectivity index (χ1) is 13.5. The van der Waals surface area contributed by atoms with Gasteiger partial charge < -0.3 is 9.47 Å². The highest BCUT2D eigenvalue weighted by molar-refractivity contribution is 14.1. The van der Waals surface area contributed by atoms with E-state index in [1.165, 1.54) is 0 Å². The average molecular weight is 491 g/mol. The van der Waals surface area contributed by atoms with Gasteiger partial charge in [0.1, 0.15) is 18.5 Å². The summed E-state index contributed by atoms with van der Waals surface area (Å²) >= 11 is 2.36. The van der Waals surface area contributed by atoms with Crippen molar-refractivity contribution in [1.82, 2.24) is 4.90 Å². The maximum atomic E-state index is 13.0. The lowest BCUT2D eigenvalue weighted by atomic mass is 10.0. The number of carbonyl (C=O) groups is 1. The Morgan fingerprint density at radius 2 is 1.75 bits per heavy atom. The number of amides is 1. The number of ether oxygens (including phenoxy) is 2. The number of benzene rings is 2. The van der Waals surface area contributed by atoms with E-state index in [0.29, 0.717) is 10.5 Å². The summed E-state index contributed by atoms with van der Waals surface area (Å²) < 4.78 is 12.0. The minimum atomic E-state index is -0.328. The number of halogens is 1. The first kappa shape index (κ1) is 20.7. The third kappa shape index (κ3) is 5.50. The van der Waals surface area contributed by atoms with Crippen molar-refractivity contribution in [1.29, 1.82) is 0 Å². The Hall–Kier alpha value is -2.02. The van der Waals surface area contributed by atoms with Gasteiger partial charge >= 0.3 is 6.09 Å². The van der Waals surface area contributed by atoms with Gasteiger partial charge in [-0.1, -0.05) is 89.8 Å². The van der Waals surface area contributed by atoms with E-state index in [1.807, 2.05) is 67.6 Å². The predicted octanol–water partition coefficient (Wildman–Crippen LogP) is 5.71. The van der Waals surface area contributed by atoms with Crippen LogP contribution < -0.4 is 0 Å². The van der Waals surface area contributed by atoms with Crippen molar-refractivity contribution < 1.29 is 14.3 Å². The van der Waals surface area contributed by atoms with E-state index in [1.54, 1.807) is 4.90 Å². The molecule has 4 nitrogen and oxygen atoms in total. The van der Waals surface area contributed by atoms with Crippen LogP contribution in [-0.2, 0) is 22.6 Å². The summed E-state index contributed by atoms with van der Waals surface area (Å²) in [5.74, 6) is 0.793. The number of rotatable bonds is 6. The first-order valence-corrected chi connectivity index (χ1v) is 10.8. The Balaban J connectivity index is 1.72. The predicted molar refractivity (Wildman–Crippen MR) is 119 cm³/mol. The average Bonchev–Trinajstić information content (AvgIpc) is 2.73. The standard InChI is InChI=1S/C23H26INO3/c1-17(22-14-13-21(24)18(2)28-22)25(15-19-9-5-3-6-10-19)23(26)27-16-20-11-7-4-8-12-20/h3-12,17,21-22H,2,13-16H2,1H3. The zero-order chi connectivity index (χ0) is 19.9. The SMILES string of the molecule is C=C1OC(C(C)N(Cc2ccccc2)C(=O)OCc2ccccc2)CCC1I. The van der Waals surface area contributed by atoms with Gasteiger partial charge in [0.2, 0.25) is 0 Å². The maximum Gasteiger partial charge on any atom is 0.410 e. The smallest absolute Gasteiger partial charge is 0.410 e. The molecule has 1 saturated heterocycles. The molecule has 2 aromatic carbocycles. The number of allylic oxidation sites excluding steroid dienone is 1. The first-order valence-electron chi connectivity index (χ1n) is 9.55. The molecule has 0 radical (unpaired) electrons. The largest absolute Gasteiger partial charge is 0.492 e.